The van der Waals surface area contributed by atoms with Crippen molar-refractivity contribution in [2.75, 3.05) is 11.9 Å². The molecule has 6 nitrogen and oxygen atoms in total. The number of carbonyl (C=O) groups excluding carboxylic acids is 1. The van der Waals surface area contributed by atoms with Gasteiger partial charge in [-0.2, -0.15) is 4.80 Å². The van der Waals surface area contributed by atoms with Crippen LogP contribution in [0.5, 0.6) is 5.75 Å². The van der Waals surface area contributed by atoms with Crippen LogP contribution in [0, 0.1) is 0 Å². The molecule has 1 aromatic heterocycles. The SMILES string of the molecule is CCOc1ccc(-n2nc3ccc(NC(=O)c4ccc5c6c(cccc46)CC5)cc3n2)cc1. The van der Waals surface area contributed by atoms with Gasteiger partial charge in [-0.15, -0.1) is 10.2 Å². The van der Waals surface area contributed by atoms with Crippen LogP contribution in [0.15, 0.2) is 72.8 Å². The predicted octanol–water partition coefficient (Wildman–Crippen LogP) is 5.32. The number of benzene rings is 4. The number of hydrogen-bond acceptors (Lipinski definition) is 4. The molecule has 1 N–H and O–H groups in total. The molecule has 0 unspecified atom stereocenters. The number of amides is 1. The normalized spacial score (nSPS) is 12.4. The maximum Gasteiger partial charge on any atom is 0.256 e. The van der Waals surface area contributed by atoms with E-state index in [1.807, 2.05) is 67.6 Å². The Balaban J connectivity index is 1.29. The van der Waals surface area contributed by atoms with Gasteiger partial charge in [0, 0.05) is 11.3 Å². The molecule has 1 heterocycles. The van der Waals surface area contributed by atoms with E-state index in [0.717, 1.165) is 35.2 Å². The van der Waals surface area contributed by atoms with Gasteiger partial charge < -0.3 is 10.1 Å². The van der Waals surface area contributed by atoms with Crippen molar-refractivity contribution in [3.63, 3.8) is 0 Å². The Morgan fingerprint density at radius 1 is 0.939 bits per heavy atom. The summed E-state index contributed by atoms with van der Waals surface area (Å²) in [5.41, 5.74) is 6.33. The first-order chi connectivity index (χ1) is 16.2. The van der Waals surface area contributed by atoms with Crippen molar-refractivity contribution in [1.29, 1.82) is 0 Å². The average molecular weight is 434 g/mol. The fraction of sp³-hybridized carbons (Fsp3) is 0.148. The monoisotopic (exact) mass is 434 g/mol. The highest BCUT2D eigenvalue weighted by Crippen LogP contribution is 2.33. The molecule has 0 bridgehead atoms. The first-order valence-corrected chi connectivity index (χ1v) is 11.1. The fourth-order valence-electron chi connectivity index (χ4n) is 4.59. The summed E-state index contributed by atoms with van der Waals surface area (Å²) in [5, 5.41) is 14.4. The predicted molar refractivity (Wildman–Crippen MR) is 129 cm³/mol. The number of nitrogens with zero attached hydrogens (tertiary/aromatic N) is 3. The zero-order valence-corrected chi connectivity index (χ0v) is 18.2. The van der Waals surface area contributed by atoms with Gasteiger partial charge >= 0.3 is 0 Å². The quantitative estimate of drug-likeness (QED) is 0.406. The molecule has 0 saturated heterocycles. The van der Waals surface area contributed by atoms with Gasteiger partial charge in [0.2, 0.25) is 0 Å². The Morgan fingerprint density at radius 2 is 1.73 bits per heavy atom. The van der Waals surface area contributed by atoms with Crippen LogP contribution in [-0.4, -0.2) is 27.5 Å². The van der Waals surface area contributed by atoms with Gasteiger partial charge in [0.05, 0.1) is 12.3 Å². The van der Waals surface area contributed by atoms with Crippen LogP contribution < -0.4 is 10.1 Å². The molecule has 1 aliphatic carbocycles. The molecule has 0 aliphatic heterocycles. The first-order valence-electron chi connectivity index (χ1n) is 11.1. The molecular formula is C27H22N4O2. The van der Waals surface area contributed by atoms with E-state index in [9.17, 15) is 4.79 Å². The van der Waals surface area contributed by atoms with Crippen LogP contribution >= 0.6 is 0 Å². The molecule has 0 spiro atoms. The van der Waals surface area contributed by atoms with E-state index in [-0.39, 0.29) is 5.91 Å². The first kappa shape index (κ1) is 19.5. The van der Waals surface area contributed by atoms with E-state index in [4.69, 9.17) is 4.74 Å². The molecule has 0 saturated carbocycles. The van der Waals surface area contributed by atoms with E-state index in [0.29, 0.717) is 23.4 Å². The number of nitrogens with one attached hydrogen (secondary N) is 1. The largest absolute Gasteiger partial charge is 0.494 e. The van der Waals surface area contributed by atoms with Crippen LogP contribution in [0.1, 0.15) is 28.4 Å². The number of anilines is 1. The maximum absolute atomic E-state index is 13.2. The van der Waals surface area contributed by atoms with Crippen LogP contribution in [-0.2, 0) is 12.8 Å². The molecule has 0 radical (unpaired) electrons. The lowest BCUT2D eigenvalue weighted by atomic mass is 9.99. The average Bonchev–Trinajstić information content (AvgIpc) is 3.45. The molecule has 6 rings (SSSR count). The van der Waals surface area contributed by atoms with E-state index in [1.54, 1.807) is 4.80 Å². The Kier molecular flexibility index (Phi) is 4.57. The maximum atomic E-state index is 13.2. The molecule has 5 aromatic rings. The van der Waals surface area contributed by atoms with E-state index < -0.39 is 0 Å². The summed E-state index contributed by atoms with van der Waals surface area (Å²) < 4.78 is 5.50. The minimum Gasteiger partial charge on any atom is -0.494 e. The highest BCUT2D eigenvalue weighted by atomic mass is 16.5. The van der Waals surface area contributed by atoms with Crippen molar-refractivity contribution in [2.45, 2.75) is 19.8 Å². The van der Waals surface area contributed by atoms with Crippen LogP contribution in [0.25, 0.3) is 27.5 Å². The van der Waals surface area contributed by atoms with Crippen molar-refractivity contribution in [3.8, 4) is 11.4 Å². The number of ether oxygens (including phenoxy) is 1. The summed E-state index contributed by atoms with van der Waals surface area (Å²) in [6.07, 6.45) is 2.08. The highest BCUT2D eigenvalue weighted by molar-refractivity contribution is 6.14. The number of rotatable bonds is 5. The lowest BCUT2D eigenvalue weighted by Crippen LogP contribution is -2.12. The summed E-state index contributed by atoms with van der Waals surface area (Å²) in [5.74, 6) is 0.690. The molecule has 33 heavy (non-hydrogen) atoms. The molecule has 1 amide bonds. The zero-order chi connectivity index (χ0) is 22.4. The van der Waals surface area contributed by atoms with Crippen molar-refractivity contribution in [1.82, 2.24) is 15.0 Å². The van der Waals surface area contributed by atoms with E-state index in [2.05, 4.69) is 27.6 Å². The second-order valence-corrected chi connectivity index (χ2v) is 8.19. The van der Waals surface area contributed by atoms with Gasteiger partial charge in [-0.3, -0.25) is 4.79 Å². The molecular weight excluding hydrogens is 412 g/mol. The number of aromatic nitrogens is 3. The van der Waals surface area contributed by atoms with Gasteiger partial charge in [-0.1, -0.05) is 24.3 Å². The van der Waals surface area contributed by atoms with Crippen LogP contribution in [0.3, 0.4) is 0 Å². The number of aryl methyl sites for hydroxylation is 2. The summed E-state index contributed by atoms with van der Waals surface area (Å²) >= 11 is 0. The smallest absolute Gasteiger partial charge is 0.256 e. The van der Waals surface area contributed by atoms with Gasteiger partial charge in [-0.25, -0.2) is 0 Å². The van der Waals surface area contributed by atoms with Gasteiger partial charge in [0.15, 0.2) is 0 Å². The molecule has 0 atom stereocenters. The third-order valence-electron chi connectivity index (χ3n) is 6.14. The zero-order valence-electron chi connectivity index (χ0n) is 18.2. The third kappa shape index (κ3) is 3.40. The second-order valence-electron chi connectivity index (χ2n) is 8.19. The summed E-state index contributed by atoms with van der Waals surface area (Å²) in [4.78, 5) is 14.7. The van der Waals surface area contributed by atoms with E-state index in [1.165, 1.54) is 16.5 Å². The lowest BCUT2D eigenvalue weighted by Gasteiger charge is -2.10. The van der Waals surface area contributed by atoms with Crippen LogP contribution in [0.2, 0.25) is 0 Å². The Bertz CT molecular complexity index is 1510. The number of hydrogen-bond donors (Lipinski definition) is 1. The van der Waals surface area contributed by atoms with Crippen molar-refractivity contribution in [3.05, 3.63) is 89.5 Å². The summed E-state index contributed by atoms with van der Waals surface area (Å²) in [6, 6.07) is 23.5. The summed E-state index contributed by atoms with van der Waals surface area (Å²) in [6.45, 7) is 2.58. The lowest BCUT2D eigenvalue weighted by molar-refractivity contribution is 0.102. The number of fused-ring (bicyclic) bond motifs is 1. The molecule has 4 aromatic carbocycles. The van der Waals surface area contributed by atoms with Crippen LogP contribution in [0.4, 0.5) is 5.69 Å². The third-order valence-corrected chi connectivity index (χ3v) is 6.14. The van der Waals surface area contributed by atoms with Crippen molar-refractivity contribution >= 4 is 33.4 Å². The Morgan fingerprint density at radius 3 is 2.55 bits per heavy atom. The molecule has 1 aliphatic rings. The topological polar surface area (TPSA) is 69.0 Å². The minimum atomic E-state index is -0.121. The molecule has 162 valence electrons. The van der Waals surface area contributed by atoms with Gasteiger partial charge in [0.1, 0.15) is 16.8 Å². The fourth-order valence-corrected chi connectivity index (χ4v) is 4.59. The Labute approximate surface area is 190 Å². The minimum absolute atomic E-state index is 0.121. The van der Waals surface area contributed by atoms with Gasteiger partial charge in [-0.05, 0) is 90.2 Å². The summed E-state index contributed by atoms with van der Waals surface area (Å²) in [7, 11) is 0. The highest BCUT2D eigenvalue weighted by Gasteiger charge is 2.19. The Hall–Kier alpha value is -4.19. The molecule has 6 heteroatoms. The van der Waals surface area contributed by atoms with Crippen molar-refractivity contribution < 1.29 is 9.53 Å². The van der Waals surface area contributed by atoms with Crippen molar-refractivity contribution in [2.24, 2.45) is 0 Å². The standard InChI is InChI=1S/C27H22N4O2/c1-2-33-21-12-10-20(11-13-21)31-29-24-15-9-19(16-25(24)30-31)28-27(32)23-14-8-18-7-6-17-4-3-5-22(23)26(17)18/h3-5,8-16H,2,6-7H2,1H3,(H,28,32). The second kappa shape index (κ2) is 7.74. The number of carbonyl (C=O) groups is 1. The van der Waals surface area contributed by atoms with E-state index >= 15 is 0 Å². The van der Waals surface area contributed by atoms with Gasteiger partial charge in [0.25, 0.3) is 5.91 Å². The molecule has 0 fully saturated rings.